The Hall–Kier alpha value is -2.80. The van der Waals surface area contributed by atoms with Gasteiger partial charge in [-0.25, -0.2) is 4.99 Å². The standard InChI is InChI=1S/C18H21ClN6O/c1-3-20-18(21-11-13-7-8-14(19)10-15(13)26-2)22-12-17-24-23-16-6-4-5-9-25(16)17/h4-10H,3,11-12H2,1-2H3,(H2,20,21,22). The fourth-order valence-electron chi connectivity index (χ4n) is 2.53. The van der Waals surface area contributed by atoms with E-state index in [9.17, 15) is 0 Å². The second-order valence-electron chi connectivity index (χ2n) is 5.55. The summed E-state index contributed by atoms with van der Waals surface area (Å²) in [5.74, 6) is 2.23. The molecule has 0 radical (unpaired) electrons. The number of nitrogens with one attached hydrogen (secondary N) is 2. The average Bonchev–Trinajstić information content (AvgIpc) is 3.08. The van der Waals surface area contributed by atoms with Crippen molar-refractivity contribution in [1.82, 2.24) is 25.2 Å². The number of nitrogens with zero attached hydrogens (tertiary/aromatic N) is 4. The van der Waals surface area contributed by atoms with Crippen LogP contribution in [-0.4, -0.2) is 34.2 Å². The second-order valence-corrected chi connectivity index (χ2v) is 5.99. The Morgan fingerprint density at radius 1 is 1.23 bits per heavy atom. The number of hydrogen-bond donors (Lipinski definition) is 2. The van der Waals surface area contributed by atoms with E-state index in [-0.39, 0.29) is 0 Å². The Bertz CT molecular complexity index is 908. The van der Waals surface area contributed by atoms with E-state index >= 15 is 0 Å². The Morgan fingerprint density at radius 2 is 2.12 bits per heavy atom. The Labute approximate surface area is 157 Å². The zero-order chi connectivity index (χ0) is 18.4. The molecule has 7 nitrogen and oxygen atoms in total. The molecule has 0 fully saturated rings. The van der Waals surface area contributed by atoms with Gasteiger partial charge in [-0.15, -0.1) is 10.2 Å². The van der Waals surface area contributed by atoms with E-state index in [2.05, 4.69) is 25.8 Å². The maximum absolute atomic E-state index is 6.01. The van der Waals surface area contributed by atoms with Crippen LogP contribution in [0.2, 0.25) is 5.02 Å². The third-order valence-corrected chi connectivity index (χ3v) is 4.03. The molecule has 136 valence electrons. The highest BCUT2D eigenvalue weighted by Crippen LogP contribution is 2.23. The van der Waals surface area contributed by atoms with Gasteiger partial charge in [0.05, 0.1) is 20.2 Å². The zero-order valence-electron chi connectivity index (χ0n) is 14.7. The van der Waals surface area contributed by atoms with Crippen molar-refractivity contribution in [3.05, 3.63) is 59.0 Å². The number of aromatic nitrogens is 3. The van der Waals surface area contributed by atoms with Crippen LogP contribution in [0.25, 0.3) is 5.65 Å². The maximum atomic E-state index is 6.01. The summed E-state index contributed by atoms with van der Waals surface area (Å²) in [7, 11) is 1.62. The van der Waals surface area contributed by atoms with Gasteiger partial charge in [0, 0.05) is 23.3 Å². The fourth-order valence-corrected chi connectivity index (χ4v) is 2.69. The lowest BCUT2D eigenvalue weighted by atomic mass is 10.2. The molecule has 1 aromatic carbocycles. The molecule has 3 rings (SSSR count). The molecule has 2 N–H and O–H groups in total. The van der Waals surface area contributed by atoms with Crippen molar-refractivity contribution in [2.24, 2.45) is 4.99 Å². The molecule has 26 heavy (non-hydrogen) atoms. The van der Waals surface area contributed by atoms with Crippen LogP contribution in [0, 0.1) is 0 Å². The SMILES string of the molecule is CCNC(=NCc1ccc(Cl)cc1OC)NCc1nnc2ccccn12. The van der Waals surface area contributed by atoms with Crippen molar-refractivity contribution in [3.63, 3.8) is 0 Å². The van der Waals surface area contributed by atoms with Crippen LogP contribution in [0.1, 0.15) is 18.3 Å². The normalized spacial score (nSPS) is 11.6. The van der Waals surface area contributed by atoms with E-state index in [0.717, 1.165) is 29.3 Å². The molecule has 2 heterocycles. The molecule has 0 atom stereocenters. The molecule has 0 bridgehead atoms. The van der Waals surface area contributed by atoms with Gasteiger partial charge in [0.15, 0.2) is 17.4 Å². The van der Waals surface area contributed by atoms with E-state index in [1.165, 1.54) is 0 Å². The predicted molar refractivity (Wildman–Crippen MR) is 103 cm³/mol. The van der Waals surface area contributed by atoms with E-state index in [4.69, 9.17) is 16.3 Å². The molecule has 0 saturated carbocycles. The summed E-state index contributed by atoms with van der Waals surface area (Å²) in [5.41, 5.74) is 1.78. The van der Waals surface area contributed by atoms with Gasteiger partial charge in [0.1, 0.15) is 5.75 Å². The highest BCUT2D eigenvalue weighted by Gasteiger charge is 2.07. The minimum atomic E-state index is 0.469. The van der Waals surface area contributed by atoms with Crippen molar-refractivity contribution in [2.75, 3.05) is 13.7 Å². The van der Waals surface area contributed by atoms with Crippen LogP contribution in [-0.2, 0) is 13.1 Å². The number of fused-ring (bicyclic) bond motifs is 1. The van der Waals surface area contributed by atoms with Gasteiger partial charge in [0.2, 0.25) is 0 Å². The number of methoxy groups -OCH3 is 1. The number of halogens is 1. The number of pyridine rings is 1. The quantitative estimate of drug-likeness (QED) is 0.514. The number of hydrogen-bond acceptors (Lipinski definition) is 4. The summed E-state index contributed by atoms with van der Waals surface area (Å²) in [5, 5.41) is 15.5. The fraction of sp³-hybridized carbons (Fsp3) is 0.278. The molecule has 0 spiro atoms. The maximum Gasteiger partial charge on any atom is 0.191 e. The molecule has 8 heteroatoms. The summed E-state index contributed by atoms with van der Waals surface area (Å²) < 4.78 is 7.31. The van der Waals surface area contributed by atoms with Gasteiger partial charge in [-0.1, -0.05) is 23.7 Å². The molecule has 0 aliphatic rings. The molecule has 0 aliphatic heterocycles. The average molecular weight is 373 g/mol. The topological polar surface area (TPSA) is 75.8 Å². The molecular formula is C18H21ClN6O. The third-order valence-electron chi connectivity index (χ3n) is 3.80. The number of ether oxygens (including phenoxy) is 1. The minimum Gasteiger partial charge on any atom is -0.496 e. The Kier molecular flexibility index (Phi) is 5.91. The van der Waals surface area contributed by atoms with Crippen molar-refractivity contribution >= 4 is 23.2 Å². The molecule has 3 aromatic rings. The first kappa shape index (κ1) is 18.0. The van der Waals surface area contributed by atoms with Crippen molar-refractivity contribution in [3.8, 4) is 5.75 Å². The van der Waals surface area contributed by atoms with E-state index < -0.39 is 0 Å². The second kappa shape index (κ2) is 8.53. The van der Waals surface area contributed by atoms with E-state index in [1.807, 2.05) is 47.9 Å². The van der Waals surface area contributed by atoms with Gasteiger partial charge >= 0.3 is 0 Å². The van der Waals surface area contributed by atoms with Crippen LogP contribution >= 0.6 is 11.6 Å². The smallest absolute Gasteiger partial charge is 0.191 e. The van der Waals surface area contributed by atoms with Gasteiger partial charge in [0.25, 0.3) is 0 Å². The minimum absolute atomic E-state index is 0.469. The number of benzene rings is 1. The van der Waals surface area contributed by atoms with Gasteiger partial charge < -0.3 is 15.4 Å². The Balaban J connectivity index is 1.71. The summed E-state index contributed by atoms with van der Waals surface area (Å²) >= 11 is 6.01. The molecular weight excluding hydrogens is 352 g/mol. The molecule has 0 amide bonds. The predicted octanol–water partition coefficient (Wildman–Crippen LogP) is 2.65. The third kappa shape index (κ3) is 4.23. The van der Waals surface area contributed by atoms with Crippen LogP contribution < -0.4 is 15.4 Å². The van der Waals surface area contributed by atoms with Gasteiger partial charge in [-0.05, 0) is 31.2 Å². The summed E-state index contributed by atoms with van der Waals surface area (Å²) in [4.78, 5) is 4.62. The zero-order valence-corrected chi connectivity index (χ0v) is 15.5. The molecule has 0 unspecified atom stereocenters. The molecule has 2 aromatic heterocycles. The molecule has 0 aliphatic carbocycles. The highest BCUT2D eigenvalue weighted by molar-refractivity contribution is 6.30. The number of aliphatic imine (C=N–C) groups is 1. The lowest BCUT2D eigenvalue weighted by Gasteiger charge is -2.12. The monoisotopic (exact) mass is 372 g/mol. The van der Waals surface area contributed by atoms with Crippen LogP contribution in [0.3, 0.4) is 0 Å². The van der Waals surface area contributed by atoms with E-state index in [0.29, 0.717) is 24.1 Å². The van der Waals surface area contributed by atoms with Crippen molar-refractivity contribution in [2.45, 2.75) is 20.0 Å². The first-order valence-electron chi connectivity index (χ1n) is 8.34. The lowest BCUT2D eigenvalue weighted by molar-refractivity contribution is 0.410. The van der Waals surface area contributed by atoms with Crippen LogP contribution in [0.5, 0.6) is 5.75 Å². The Morgan fingerprint density at radius 3 is 2.92 bits per heavy atom. The first-order valence-corrected chi connectivity index (χ1v) is 8.72. The van der Waals surface area contributed by atoms with Crippen LogP contribution in [0.4, 0.5) is 0 Å². The largest absolute Gasteiger partial charge is 0.496 e. The van der Waals surface area contributed by atoms with E-state index in [1.54, 1.807) is 13.2 Å². The highest BCUT2D eigenvalue weighted by atomic mass is 35.5. The number of rotatable bonds is 6. The number of guanidine groups is 1. The van der Waals surface area contributed by atoms with Crippen molar-refractivity contribution in [1.29, 1.82) is 0 Å². The van der Waals surface area contributed by atoms with Gasteiger partial charge in [-0.2, -0.15) is 0 Å². The van der Waals surface area contributed by atoms with Crippen molar-refractivity contribution < 1.29 is 4.74 Å². The first-order chi connectivity index (χ1) is 12.7. The summed E-state index contributed by atoms with van der Waals surface area (Å²) in [6.07, 6.45) is 1.94. The molecule has 0 saturated heterocycles. The van der Waals surface area contributed by atoms with Gasteiger partial charge in [-0.3, -0.25) is 4.40 Å². The lowest BCUT2D eigenvalue weighted by Crippen LogP contribution is -2.37. The summed E-state index contributed by atoms with van der Waals surface area (Å²) in [6, 6.07) is 11.3. The van der Waals surface area contributed by atoms with Crippen LogP contribution in [0.15, 0.2) is 47.6 Å². The summed E-state index contributed by atoms with van der Waals surface area (Å²) in [6.45, 7) is 3.75.